The molecule has 0 radical (unpaired) electrons. The first-order valence-electron chi connectivity index (χ1n) is 4.72. The van der Waals surface area contributed by atoms with Crippen molar-refractivity contribution in [2.24, 2.45) is 0 Å². The molecule has 0 aliphatic heterocycles. The molecule has 2 aromatic rings. The Labute approximate surface area is 113 Å². The van der Waals surface area contributed by atoms with Gasteiger partial charge in [0.1, 0.15) is 5.82 Å². The molecule has 0 saturated carbocycles. The van der Waals surface area contributed by atoms with E-state index in [2.05, 4.69) is 15.9 Å². The first-order chi connectivity index (χ1) is 8.06. The Hall–Kier alpha value is -0.720. The minimum absolute atomic E-state index is 0.0737. The number of nitrogen functional groups attached to an aromatic ring is 1. The van der Waals surface area contributed by atoms with Crippen LogP contribution < -0.4 is 5.73 Å². The van der Waals surface area contributed by atoms with Crippen molar-refractivity contribution in [1.29, 1.82) is 0 Å². The predicted molar refractivity (Wildman–Crippen MR) is 72.9 cm³/mol. The Morgan fingerprint density at radius 3 is 2.76 bits per heavy atom. The van der Waals surface area contributed by atoms with Crippen molar-refractivity contribution in [2.75, 3.05) is 5.73 Å². The Balaban J connectivity index is 2.17. The first-order valence-corrected chi connectivity index (χ1v) is 7.72. The van der Waals surface area contributed by atoms with Gasteiger partial charge in [-0.1, -0.05) is 0 Å². The smallest absolute Gasteiger partial charge is 0.147 e. The lowest BCUT2D eigenvalue weighted by molar-refractivity contribution is 0.627. The second-order valence-electron chi connectivity index (χ2n) is 3.40. The SMILES string of the molecule is Nc1ccc(S(=O)Cc2cc(Br)cs2)cc1F. The van der Waals surface area contributed by atoms with Gasteiger partial charge in [0.15, 0.2) is 0 Å². The quantitative estimate of drug-likeness (QED) is 0.873. The summed E-state index contributed by atoms with van der Waals surface area (Å²) >= 11 is 4.86. The van der Waals surface area contributed by atoms with E-state index in [9.17, 15) is 8.60 Å². The van der Waals surface area contributed by atoms with Crippen molar-refractivity contribution < 1.29 is 8.60 Å². The minimum atomic E-state index is -1.25. The van der Waals surface area contributed by atoms with Crippen LogP contribution in [-0.4, -0.2) is 4.21 Å². The number of halogens is 2. The monoisotopic (exact) mass is 333 g/mol. The van der Waals surface area contributed by atoms with Crippen molar-refractivity contribution in [3.8, 4) is 0 Å². The number of rotatable bonds is 3. The standard InChI is InChI=1S/C11H9BrFNOS2/c12-7-3-8(16-5-7)6-17(15)9-1-2-11(14)10(13)4-9/h1-5H,6,14H2. The third-order valence-electron chi connectivity index (χ3n) is 2.13. The zero-order valence-electron chi connectivity index (χ0n) is 8.65. The zero-order chi connectivity index (χ0) is 12.4. The maximum Gasteiger partial charge on any atom is 0.147 e. The molecule has 2 nitrogen and oxygen atoms in total. The van der Waals surface area contributed by atoms with E-state index in [1.54, 1.807) is 6.07 Å². The second kappa shape index (κ2) is 5.29. The average molecular weight is 334 g/mol. The molecule has 0 fully saturated rings. The first kappa shape index (κ1) is 12.7. The fraction of sp³-hybridized carbons (Fsp3) is 0.0909. The summed E-state index contributed by atoms with van der Waals surface area (Å²) in [6, 6.07) is 6.18. The van der Waals surface area contributed by atoms with Gasteiger partial charge >= 0.3 is 0 Å². The molecule has 1 unspecified atom stereocenters. The normalized spacial score (nSPS) is 12.6. The topological polar surface area (TPSA) is 43.1 Å². The van der Waals surface area contributed by atoms with Gasteiger partial charge < -0.3 is 5.73 Å². The van der Waals surface area contributed by atoms with Gasteiger partial charge in [-0.2, -0.15) is 0 Å². The molecule has 0 saturated heterocycles. The van der Waals surface area contributed by atoms with Gasteiger partial charge in [-0.15, -0.1) is 11.3 Å². The van der Waals surface area contributed by atoms with E-state index in [-0.39, 0.29) is 5.69 Å². The van der Waals surface area contributed by atoms with Crippen LogP contribution in [0.2, 0.25) is 0 Å². The van der Waals surface area contributed by atoms with Crippen LogP contribution in [-0.2, 0) is 16.6 Å². The van der Waals surface area contributed by atoms with Crippen LogP contribution in [0.5, 0.6) is 0 Å². The Morgan fingerprint density at radius 2 is 2.18 bits per heavy atom. The average Bonchev–Trinajstić information content (AvgIpc) is 2.68. The second-order valence-corrected chi connectivity index (χ2v) is 6.77. The van der Waals surface area contributed by atoms with Gasteiger partial charge in [0, 0.05) is 19.6 Å². The molecule has 2 rings (SSSR count). The van der Waals surface area contributed by atoms with Crippen molar-refractivity contribution >= 4 is 43.8 Å². The van der Waals surface area contributed by atoms with Crippen LogP contribution >= 0.6 is 27.3 Å². The maximum absolute atomic E-state index is 13.2. The summed E-state index contributed by atoms with van der Waals surface area (Å²) in [5, 5.41) is 1.93. The fourth-order valence-corrected chi connectivity index (χ4v) is 4.08. The molecule has 0 aliphatic carbocycles. The molecule has 1 aromatic carbocycles. The van der Waals surface area contributed by atoms with Gasteiger partial charge in [-0.25, -0.2) is 4.39 Å². The number of benzene rings is 1. The zero-order valence-corrected chi connectivity index (χ0v) is 11.9. The van der Waals surface area contributed by atoms with E-state index in [0.717, 1.165) is 9.35 Å². The van der Waals surface area contributed by atoms with Gasteiger partial charge in [0.2, 0.25) is 0 Å². The summed E-state index contributed by atoms with van der Waals surface area (Å²) in [6.07, 6.45) is 0. The molecule has 1 aromatic heterocycles. The largest absolute Gasteiger partial charge is 0.396 e. The van der Waals surface area contributed by atoms with Crippen molar-refractivity contribution in [3.63, 3.8) is 0 Å². The summed E-state index contributed by atoms with van der Waals surface area (Å²) in [7, 11) is -1.25. The van der Waals surface area contributed by atoms with Crippen molar-refractivity contribution in [3.05, 3.63) is 44.8 Å². The molecule has 1 heterocycles. The van der Waals surface area contributed by atoms with Gasteiger partial charge in [-0.05, 0) is 40.2 Å². The molecule has 0 aliphatic rings. The van der Waals surface area contributed by atoms with Crippen molar-refractivity contribution in [2.45, 2.75) is 10.6 Å². The Morgan fingerprint density at radius 1 is 1.41 bits per heavy atom. The highest BCUT2D eigenvalue weighted by molar-refractivity contribution is 9.10. The van der Waals surface area contributed by atoms with Gasteiger partial charge in [0.25, 0.3) is 0 Å². The summed E-state index contributed by atoms with van der Waals surface area (Å²) < 4.78 is 26.2. The number of thiophene rings is 1. The Bertz CT molecular complexity index is 570. The van der Waals surface area contributed by atoms with E-state index < -0.39 is 16.6 Å². The highest BCUT2D eigenvalue weighted by Gasteiger charge is 2.09. The summed E-state index contributed by atoms with van der Waals surface area (Å²) in [4.78, 5) is 1.45. The van der Waals surface area contributed by atoms with Gasteiger partial charge in [0.05, 0.1) is 22.2 Å². The number of nitrogens with two attached hydrogens (primary N) is 1. The molecule has 0 spiro atoms. The van der Waals surface area contributed by atoms with Crippen LogP contribution in [0.3, 0.4) is 0 Å². The third kappa shape index (κ3) is 3.14. The molecule has 0 amide bonds. The van der Waals surface area contributed by atoms with E-state index >= 15 is 0 Å². The lowest BCUT2D eigenvalue weighted by atomic mass is 10.3. The minimum Gasteiger partial charge on any atom is -0.396 e. The van der Waals surface area contributed by atoms with E-state index in [1.165, 1.54) is 23.5 Å². The van der Waals surface area contributed by atoms with Crippen LogP contribution in [0.1, 0.15) is 4.88 Å². The number of hydrogen-bond acceptors (Lipinski definition) is 3. The summed E-state index contributed by atoms with van der Waals surface area (Å²) in [5.74, 6) is -0.136. The maximum atomic E-state index is 13.2. The number of anilines is 1. The molecule has 6 heteroatoms. The lowest BCUT2D eigenvalue weighted by Crippen LogP contribution is -1.97. The van der Waals surface area contributed by atoms with Crippen LogP contribution in [0.4, 0.5) is 10.1 Å². The van der Waals surface area contributed by atoms with E-state index in [4.69, 9.17) is 5.73 Å². The fourth-order valence-electron chi connectivity index (χ4n) is 1.29. The van der Waals surface area contributed by atoms with Crippen molar-refractivity contribution in [1.82, 2.24) is 0 Å². The van der Waals surface area contributed by atoms with Crippen LogP contribution in [0, 0.1) is 5.82 Å². The predicted octanol–water partition coefficient (Wildman–Crippen LogP) is 3.54. The molecule has 0 bridgehead atoms. The third-order valence-corrected chi connectivity index (χ3v) is 5.36. The van der Waals surface area contributed by atoms with E-state index in [0.29, 0.717) is 10.6 Å². The highest BCUT2D eigenvalue weighted by Crippen LogP contribution is 2.23. The van der Waals surface area contributed by atoms with Crippen LogP contribution in [0.15, 0.2) is 39.0 Å². The number of hydrogen-bond donors (Lipinski definition) is 1. The highest BCUT2D eigenvalue weighted by atomic mass is 79.9. The Kier molecular flexibility index (Phi) is 3.96. The lowest BCUT2D eigenvalue weighted by Gasteiger charge is -2.02. The van der Waals surface area contributed by atoms with Gasteiger partial charge in [-0.3, -0.25) is 4.21 Å². The molecular weight excluding hydrogens is 325 g/mol. The molecule has 2 N–H and O–H groups in total. The molecule has 90 valence electrons. The summed E-state index contributed by atoms with van der Waals surface area (Å²) in [6.45, 7) is 0. The molecule has 1 atom stereocenters. The van der Waals surface area contributed by atoms with E-state index in [1.807, 2.05) is 11.4 Å². The van der Waals surface area contributed by atoms with Crippen LogP contribution in [0.25, 0.3) is 0 Å². The summed E-state index contributed by atoms with van der Waals surface area (Å²) in [5.41, 5.74) is 5.44. The molecule has 17 heavy (non-hydrogen) atoms. The molecular formula is C11H9BrFNOS2.